The third-order valence-electron chi connectivity index (χ3n) is 2.73. The van der Waals surface area contributed by atoms with Gasteiger partial charge in [-0.2, -0.15) is 0 Å². The standard InChI is InChI=1S/C11H14BrNOS/c12-10-2-4-15-11(10)6-9(14)5-8-1-3-13-7-8/h2,4,8,13H,1,3,5-7H2. The minimum atomic E-state index is 0.367. The van der Waals surface area contributed by atoms with Crippen LogP contribution in [0.25, 0.3) is 0 Å². The van der Waals surface area contributed by atoms with Crippen molar-refractivity contribution >= 4 is 33.0 Å². The lowest BCUT2D eigenvalue weighted by atomic mass is 10.00. The van der Waals surface area contributed by atoms with Crippen molar-refractivity contribution in [3.05, 3.63) is 20.8 Å². The highest BCUT2D eigenvalue weighted by Gasteiger charge is 2.18. The topological polar surface area (TPSA) is 29.1 Å². The summed E-state index contributed by atoms with van der Waals surface area (Å²) in [5.41, 5.74) is 0. The maximum atomic E-state index is 11.8. The Morgan fingerprint density at radius 2 is 2.53 bits per heavy atom. The average Bonchev–Trinajstić information content (AvgIpc) is 2.79. The van der Waals surface area contributed by atoms with E-state index >= 15 is 0 Å². The Hall–Kier alpha value is -0.190. The Kier molecular flexibility index (Phi) is 3.94. The minimum absolute atomic E-state index is 0.367. The molecule has 0 spiro atoms. The van der Waals surface area contributed by atoms with Crippen molar-refractivity contribution < 1.29 is 4.79 Å². The fourth-order valence-electron chi connectivity index (χ4n) is 1.91. The third kappa shape index (κ3) is 3.13. The quantitative estimate of drug-likeness (QED) is 0.922. The van der Waals surface area contributed by atoms with Crippen LogP contribution in [0.2, 0.25) is 0 Å². The van der Waals surface area contributed by atoms with Gasteiger partial charge in [-0.25, -0.2) is 0 Å². The van der Waals surface area contributed by atoms with Gasteiger partial charge < -0.3 is 5.32 Å². The van der Waals surface area contributed by atoms with Crippen molar-refractivity contribution in [3.8, 4) is 0 Å². The molecular weight excluding hydrogens is 274 g/mol. The highest BCUT2D eigenvalue weighted by molar-refractivity contribution is 9.10. The first-order chi connectivity index (χ1) is 7.25. The van der Waals surface area contributed by atoms with Crippen LogP contribution in [-0.4, -0.2) is 18.9 Å². The van der Waals surface area contributed by atoms with E-state index in [4.69, 9.17) is 0 Å². The maximum Gasteiger partial charge on any atom is 0.138 e. The molecule has 15 heavy (non-hydrogen) atoms. The molecule has 1 N–H and O–H groups in total. The molecule has 1 aromatic rings. The normalized spacial score (nSPS) is 20.7. The molecule has 1 saturated heterocycles. The van der Waals surface area contributed by atoms with Crippen molar-refractivity contribution in [2.24, 2.45) is 5.92 Å². The van der Waals surface area contributed by atoms with Gasteiger partial charge in [-0.15, -0.1) is 11.3 Å². The zero-order valence-corrected chi connectivity index (χ0v) is 10.9. The van der Waals surface area contributed by atoms with Crippen LogP contribution in [0, 0.1) is 5.92 Å². The molecule has 0 radical (unpaired) electrons. The van der Waals surface area contributed by atoms with Gasteiger partial charge in [0.05, 0.1) is 0 Å². The number of Topliss-reactive ketones (excluding diaryl/α,β-unsaturated/α-hetero) is 1. The Morgan fingerprint density at radius 3 is 3.13 bits per heavy atom. The first-order valence-electron chi connectivity index (χ1n) is 5.20. The van der Waals surface area contributed by atoms with Gasteiger partial charge in [0.1, 0.15) is 5.78 Å². The number of carbonyl (C=O) groups is 1. The molecular formula is C11H14BrNOS. The summed E-state index contributed by atoms with van der Waals surface area (Å²) in [6, 6.07) is 2.00. The molecule has 0 amide bonds. The maximum absolute atomic E-state index is 11.8. The Bertz CT molecular complexity index is 344. The molecule has 0 aliphatic carbocycles. The smallest absolute Gasteiger partial charge is 0.138 e. The first-order valence-corrected chi connectivity index (χ1v) is 6.87. The molecule has 1 aliphatic heterocycles. The van der Waals surface area contributed by atoms with Crippen molar-refractivity contribution in [1.29, 1.82) is 0 Å². The second kappa shape index (κ2) is 5.23. The summed E-state index contributed by atoms with van der Waals surface area (Å²) in [7, 11) is 0. The number of hydrogen-bond donors (Lipinski definition) is 1. The van der Waals surface area contributed by atoms with Gasteiger partial charge in [0.2, 0.25) is 0 Å². The Labute approximate surface area is 102 Å². The van der Waals surface area contributed by atoms with Crippen molar-refractivity contribution in [3.63, 3.8) is 0 Å². The fourth-order valence-corrected chi connectivity index (χ4v) is 3.43. The predicted molar refractivity (Wildman–Crippen MR) is 66.3 cm³/mol. The van der Waals surface area contributed by atoms with Crippen molar-refractivity contribution in [2.75, 3.05) is 13.1 Å². The number of halogens is 1. The second-order valence-electron chi connectivity index (χ2n) is 3.97. The Balaban J connectivity index is 1.84. The van der Waals surface area contributed by atoms with Gasteiger partial charge in [0.25, 0.3) is 0 Å². The minimum Gasteiger partial charge on any atom is -0.316 e. The van der Waals surface area contributed by atoms with Crippen LogP contribution in [-0.2, 0) is 11.2 Å². The van der Waals surface area contributed by atoms with Crippen molar-refractivity contribution in [2.45, 2.75) is 19.3 Å². The molecule has 0 bridgehead atoms. The van der Waals surface area contributed by atoms with E-state index in [0.29, 0.717) is 18.1 Å². The second-order valence-corrected chi connectivity index (χ2v) is 5.83. The van der Waals surface area contributed by atoms with Gasteiger partial charge in [-0.05, 0) is 52.8 Å². The van der Waals surface area contributed by atoms with Gasteiger partial charge in [0, 0.05) is 22.2 Å². The van der Waals surface area contributed by atoms with Crippen LogP contribution in [0.5, 0.6) is 0 Å². The predicted octanol–water partition coefficient (Wildman–Crippen LogP) is 2.62. The zero-order chi connectivity index (χ0) is 10.7. The van der Waals surface area contributed by atoms with Crippen LogP contribution >= 0.6 is 27.3 Å². The molecule has 0 saturated carbocycles. The number of ketones is 1. The zero-order valence-electron chi connectivity index (χ0n) is 8.46. The van der Waals surface area contributed by atoms with E-state index in [0.717, 1.165) is 35.3 Å². The molecule has 2 heterocycles. The number of nitrogens with one attached hydrogen (secondary N) is 1. The molecule has 1 fully saturated rings. The van der Waals surface area contributed by atoms with Crippen molar-refractivity contribution in [1.82, 2.24) is 5.32 Å². The first kappa shape index (κ1) is 11.3. The summed E-state index contributed by atoms with van der Waals surface area (Å²) in [6.07, 6.45) is 2.48. The lowest BCUT2D eigenvalue weighted by Gasteiger charge is -2.06. The summed E-state index contributed by atoms with van der Waals surface area (Å²) < 4.78 is 1.07. The van der Waals surface area contributed by atoms with E-state index in [1.165, 1.54) is 0 Å². The third-order valence-corrected chi connectivity index (χ3v) is 4.65. The molecule has 1 aromatic heterocycles. The van der Waals surface area contributed by atoms with E-state index in [9.17, 15) is 4.79 Å². The molecule has 82 valence electrons. The molecule has 2 nitrogen and oxygen atoms in total. The average molecular weight is 288 g/mol. The lowest BCUT2D eigenvalue weighted by Crippen LogP contribution is -2.13. The molecule has 2 rings (SSSR count). The Morgan fingerprint density at radius 1 is 1.67 bits per heavy atom. The summed E-state index contributed by atoms with van der Waals surface area (Å²) >= 11 is 5.11. The van der Waals surface area contributed by atoms with Crippen LogP contribution in [0.4, 0.5) is 0 Å². The van der Waals surface area contributed by atoms with Gasteiger partial charge in [0.15, 0.2) is 0 Å². The highest BCUT2D eigenvalue weighted by Crippen LogP contribution is 2.24. The van der Waals surface area contributed by atoms with Gasteiger partial charge in [-0.3, -0.25) is 4.79 Å². The lowest BCUT2D eigenvalue weighted by molar-refractivity contribution is -0.119. The van der Waals surface area contributed by atoms with E-state index in [1.807, 2.05) is 11.4 Å². The van der Waals surface area contributed by atoms with E-state index in [-0.39, 0.29) is 0 Å². The fraction of sp³-hybridized carbons (Fsp3) is 0.545. The summed E-state index contributed by atoms with van der Waals surface area (Å²) in [5, 5.41) is 5.31. The largest absolute Gasteiger partial charge is 0.316 e. The van der Waals surface area contributed by atoms with Crippen LogP contribution < -0.4 is 5.32 Å². The summed E-state index contributed by atoms with van der Waals surface area (Å²) in [4.78, 5) is 12.9. The van der Waals surface area contributed by atoms with Crippen LogP contribution in [0.15, 0.2) is 15.9 Å². The van der Waals surface area contributed by atoms with E-state index in [1.54, 1.807) is 11.3 Å². The van der Waals surface area contributed by atoms with E-state index < -0.39 is 0 Å². The van der Waals surface area contributed by atoms with E-state index in [2.05, 4.69) is 21.2 Å². The summed E-state index contributed by atoms with van der Waals surface area (Å²) in [5.74, 6) is 0.933. The van der Waals surface area contributed by atoms with Crippen LogP contribution in [0.1, 0.15) is 17.7 Å². The molecule has 1 unspecified atom stereocenters. The van der Waals surface area contributed by atoms with Gasteiger partial charge in [-0.1, -0.05) is 0 Å². The molecule has 1 atom stereocenters. The number of thiophene rings is 1. The number of carbonyl (C=O) groups excluding carboxylic acids is 1. The number of rotatable bonds is 4. The molecule has 0 aromatic carbocycles. The molecule has 1 aliphatic rings. The van der Waals surface area contributed by atoms with Gasteiger partial charge >= 0.3 is 0 Å². The summed E-state index contributed by atoms with van der Waals surface area (Å²) in [6.45, 7) is 2.08. The monoisotopic (exact) mass is 287 g/mol. The number of hydrogen-bond acceptors (Lipinski definition) is 3. The highest BCUT2D eigenvalue weighted by atomic mass is 79.9. The SMILES string of the molecule is O=C(Cc1sccc1Br)CC1CCNC1. The molecule has 4 heteroatoms. The van der Waals surface area contributed by atoms with Crippen LogP contribution in [0.3, 0.4) is 0 Å².